The Balaban J connectivity index is 1.60. The second-order valence-electron chi connectivity index (χ2n) is 8.06. The number of methoxy groups -OCH3 is 1. The van der Waals surface area contributed by atoms with Crippen LogP contribution < -0.4 is 10.9 Å². The number of hydrogen-bond donors (Lipinski definition) is 1. The summed E-state index contributed by atoms with van der Waals surface area (Å²) in [5.41, 5.74) is 2.37. The molecule has 9 heteroatoms. The fourth-order valence-corrected chi connectivity index (χ4v) is 4.67. The van der Waals surface area contributed by atoms with Crippen molar-refractivity contribution in [3.63, 3.8) is 0 Å². The average molecular weight is 482 g/mol. The number of benzene rings is 2. The van der Waals surface area contributed by atoms with E-state index in [1.807, 2.05) is 24.3 Å². The number of nitrogens with zero attached hydrogens (tertiary/aromatic N) is 2. The monoisotopic (exact) mass is 481 g/mol. The number of esters is 1. The third kappa shape index (κ3) is 5.48. The molecule has 34 heavy (non-hydrogen) atoms. The summed E-state index contributed by atoms with van der Waals surface area (Å²) >= 11 is 1.18. The fraction of sp³-hybridized carbons (Fsp3) is 0.360. The van der Waals surface area contributed by atoms with E-state index in [4.69, 9.17) is 9.47 Å². The minimum Gasteiger partial charge on any atom is -0.465 e. The molecular weight excluding hydrogens is 454 g/mol. The maximum absolute atomic E-state index is 13.3. The van der Waals surface area contributed by atoms with Gasteiger partial charge in [-0.05, 0) is 55.2 Å². The average Bonchev–Trinajstić information content (AvgIpc) is 3.37. The van der Waals surface area contributed by atoms with E-state index in [2.05, 4.69) is 17.2 Å². The zero-order chi connectivity index (χ0) is 24.1. The largest absolute Gasteiger partial charge is 0.465 e. The van der Waals surface area contributed by atoms with E-state index < -0.39 is 5.97 Å². The van der Waals surface area contributed by atoms with Crippen molar-refractivity contribution in [1.29, 1.82) is 0 Å². The lowest BCUT2D eigenvalue weighted by atomic mass is 10.1. The quantitative estimate of drug-likeness (QED) is 0.298. The third-order valence-electron chi connectivity index (χ3n) is 5.73. The first kappa shape index (κ1) is 24.0. The fourth-order valence-electron chi connectivity index (χ4n) is 3.86. The normalized spacial score (nSPS) is 15.4. The number of carbonyl (C=O) groups is 2. The maximum Gasteiger partial charge on any atom is 0.337 e. The molecular formula is C25H27N3O5S. The van der Waals surface area contributed by atoms with Crippen molar-refractivity contribution in [1.82, 2.24) is 9.55 Å². The highest BCUT2D eigenvalue weighted by Gasteiger charge is 2.21. The van der Waals surface area contributed by atoms with Gasteiger partial charge in [0.2, 0.25) is 5.91 Å². The van der Waals surface area contributed by atoms with Crippen molar-refractivity contribution in [2.45, 2.75) is 44.0 Å². The molecule has 0 bridgehead atoms. The lowest BCUT2D eigenvalue weighted by molar-refractivity contribution is -0.113. The topological polar surface area (TPSA) is 99.5 Å². The molecule has 0 aliphatic carbocycles. The molecule has 4 rings (SSSR count). The molecule has 1 saturated heterocycles. The Morgan fingerprint density at radius 1 is 1.24 bits per heavy atom. The van der Waals surface area contributed by atoms with E-state index in [0.29, 0.717) is 40.5 Å². The summed E-state index contributed by atoms with van der Waals surface area (Å²) in [6.45, 7) is 3.11. The Bertz CT molecular complexity index is 1250. The summed E-state index contributed by atoms with van der Waals surface area (Å²) in [4.78, 5) is 42.5. The SMILES string of the molecule is CCc1ccc(NC(=O)CSc2nc3cc(C(=O)OC)ccc3c(=O)n2C[C@@H]2CCCO2)cc1. The number of nitrogens with one attached hydrogen (secondary N) is 1. The van der Waals surface area contributed by atoms with E-state index in [1.165, 1.54) is 24.4 Å². The first-order valence-electron chi connectivity index (χ1n) is 11.2. The van der Waals surface area contributed by atoms with Crippen molar-refractivity contribution in [3.05, 3.63) is 63.9 Å². The Labute approximate surface area is 201 Å². The molecule has 1 N–H and O–H groups in total. The highest BCUT2D eigenvalue weighted by Crippen LogP contribution is 2.22. The molecule has 1 atom stereocenters. The van der Waals surface area contributed by atoms with Crippen LogP contribution in [0.3, 0.4) is 0 Å². The highest BCUT2D eigenvalue weighted by molar-refractivity contribution is 7.99. The van der Waals surface area contributed by atoms with Gasteiger partial charge in [0, 0.05) is 12.3 Å². The number of ether oxygens (including phenoxy) is 2. The van der Waals surface area contributed by atoms with Crippen LogP contribution in [0, 0.1) is 0 Å². The highest BCUT2D eigenvalue weighted by atomic mass is 32.2. The zero-order valence-corrected chi connectivity index (χ0v) is 20.0. The molecule has 1 fully saturated rings. The molecule has 8 nitrogen and oxygen atoms in total. The van der Waals surface area contributed by atoms with Crippen LogP contribution in [0.2, 0.25) is 0 Å². The van der Waals surface area contributed by atoms with E-state index in [9.17, 15) is 14.4 Å². The summed E-state index contributed by atoms with van der Waals surface area (Å²) < 4.78 is 12.1. The smallest absolute Gasteiger partial charge is 0.337 e. The van der Waals surface area contributed by atoms with Gasteiger partial charge in [0.25, 0.3) is 5.56 Å². The first-order valence-corrected chi connectivity index (χ1v) is 12.2. The van der Waals surface area contributed by atoms with Crippen molar-refractivity contribution in [2.24, 2.45) is 0 Å². The predicted molar refractivity (Wildman–Crippen MR) is 131 cm³/mol. The lowest BCUT2D eigenvalue weighted by Crippen LogP contribution is -2.29. The predicted octanol–water partition coefficient (Wildman–Crippen LogP) is 3.66. The third-order valence-corrected chi connectivity index (χ3v) is 6.71. The lowest BCUT2D eigenvalue weighted by Gasteiger charge is -2.16. The number of carbonyl (C=O) groups excluding carboxylic acids is 2. The van der Waals surface area contributed by atoms with E-state index in [1.54, 1.807) is 22.8 Å². The number of anilines is 1. The summed E-state index contributed by atoms with van der Waals surface area (Å²) in [7, 11) is 1.30. The molecule has 0 radical (unpaired) electrons. The molecule has 3 aromatic rings. The molecule has 1 aromatic heterocycles. The first-order chi connectivity index (χ1) is 16.5. The number of aromatic nitrogens is 2. The van der Waals surface area contributed by atoms with Crippen molar-refractivity contribution in [2.75, 3.05) is 24.8 Å². The number of rotatable bonds is 8. The van der Waals surface area contributed by atoms with Crippen molar-refractivity contribution in [3.8, 4) is 0 Å². The minimum absolute atomic E-state index is 0.0726. The molecule has 2 aromatic carbocycles. The van der Waals surface area contributed by atoms with Gasteiger partial charge in [-0.25, -0.2) is 9.78 Å². The summed E-state index contributed by atoms with van der Waals surface area (Å²) in [5.74, 6) is -0.624. The summed E-state index contributed by atoms with van der Waals surface area (Å²) in [6.07, 6.45) is 2.67. The van der Waals surface area contributed by atoms with Crippen molar-refractivity contribution < 1.29 is 19.1 Å². The van der Waals surface area contributed by atoms with Gasteiger partial charge in [0.15, 0.2) is 5.16 Å². The van der Waals surface area contributed by atoms with Gasteiger partial charge < -0.3 is 14.8 Å². The Morgan fingerprint density at radius 2 is 2.03 bits per heavy atom. The van der Waals surface area contributed by atoms with E-state index >= 15 is 0 Å². The van der Waals surface area contributed by atoms with Gasteiger partial charge in [-0.15, -0.1) is 0 Å². The van der Waals surface area contributed by atoms with Crippen LogP contribution >= 0.6 is 11.8 Å². The molecule has 0 spiro atoms. The molecule has 0 unspecified atom stereocenters. The van der Waals surface area contributed by atoms with E-state index in [-0.39, 0.29) is 23.3 Å². The van der Waals surface area contributed by atoms with Crippen LogP contribution in [0.5, 0.6) is 0 Å². The summed E-state index contributed by atoms with van der Waals surface area (Å²) in [6, 6.07) is 12.4. The Morgan fingerprint density at radius 3 is 2.71 bits per heavy atom. The van der Waals surface area contributed by atoms with Gasteiger partial charge in [-0.2, -0.15) is 0 Å². The maximum atomic E-state index is 13.3. The number of hydrogen-bond acceptors (Lipinski definition) is 7. The molecule has 1 aliphatic rings. The van der Waals surface area contributed by atoms with Crippen LogP contribution in [-0.4, -0.2) is 47.0 Å². The van der Waals surface area contributed by atoms with Crippen LogP contribution in [0.1, 0.15) is 35.7 Å². The second-order valence-corrected chi connectivity index (χ2v) is 9.00. The minimum atomic E-state index is -0.505. The van der Waals surface area contributed by atoms with Crippen LogP contribution in [-0.2, 0) is 27.2 Å². The Kier molecular flexibility index (Phi) is 7.64. The van der Waals surface area contributed by atoms with Gasteiger partial charge in [-0.1, -0.05) is 30.8 Å². The molecule has 178 valence electrons. The van der Waals surface area contributed by atoms with Gasteiger partial charge >= 0.3 is 5.97 Å². The second kappa shape index (κ2) is 10.8. The van der Waals surface area contributed by atoms with Gasteiger partial charge in [-0.3, -0.25) is 14.2 Å². The molecule has 2 heterocycles. The number of aryl methyl sites for hydroxylation is 1. The number of thioether (sulfide) groups is 1. The van der Waals surface area contributed by atoms with Crippen LogP contribution in [0.25, 0.3) is 10.9 Å². The van der Waals surface area contributed by atoms with Gasteiger partial charge in [0.1, 0.15) is 0 Å². The van der Waals surface area contributed by atoms with Crippen molar-refractivity contribution >= 4 is 40.2 Å². The molecule has 1 amide bonds. The number of fused-ring (bicyclic) bond motifs is 1. The van der Waals surface area contributed by atoms with E-state index in [0.717, 1.165) is 19.3 Å². The van der Waals surface area contributed by atoms with Gasteiger partial charge in [0.05, 0.1) is 42.0 Å². The molecule has 0 saturated carbocycles. The Hall–Kier alpha value is -3.17. The van der Waals surface area contributed by atoms with Crippen LogP contribution in [0.4, 0.5) is 5.69 Å². The number of amides is 1. The molecule has 1 aliphatic heterocycles. The van der Waals surface area contributed by atoms with Crippen LogP contribution in [0.15, 0.2) is 52.4 Å². The summed E-state index contributed by atoms with van der Waals surface area (Å²) in [5, 5.41) is 3.69. The standard InChI is InChI=1S/C25H27N3O5S/c1-3-16-6-9-18(10-7-16)26-22(29)15-34-25-27-21-13-17(24(31)32-2)8-11-20(21)23(30)28(25)14-19-5-4-12-33-19/h6-11,13,19H,3-5,12,14-15H2,1-2H3,(H,26,29)/t19-/m0/s1. The zero-order valence-electron chi connectivity index (χ0n) is 19.2.